The van der Waals surface area contributed by atoms with Gasteiger partial charge in [0, 0.05) is 37.0 Å². The Labute approximate surface area is 214 Å². The summed E-state index contributed by atoms with van der Waals surface area (Å²) in [5.74, 6) is 2.48. The van der Waals surface area contributed by atoms with Gasteiger partial charge in [-0.2, -0.15) is 5.10 Å². The average Bonchev–Trinajstić information content (AvgIpc) is 3.42. The zero-order chi connectivity index (χ0) is 23.1. The Morgan fingerprint density at radius 3 is 2.21 bits per heavy atom. The molecule has 0 bridgehead atoms. The summed E-state index contributed by atoms with van der Waals surface area (Å²) in [5.41, 5.74) is 7.67. The quantitative estimate of drug-likeness (QED) is 0.206. The van der Waals surface area contributed by atoms with Crippen molar-refractivity contribution >= 4 is 11.0 Å². The molecule has 0 saturated carbocycles. The van der Waals surface area contributed by atoms with E-state index < -0.39 is 0 Å². The van der Waals surface area contributed by atoms with Crippen molar-refractivity contribution in [3.8, 4) is 22.8 Å². The maximum absolute atomic E-state index is 4.76. The molecule has 6 heteroatoms. The topological polar surface area (TPSA) is 48.5 Å². The fourth-order valence-corrected chi connectivity index (χ4v) is 4.54. The molecule has 2 aromatic heterocycles. The Hall–Kier alpha value is -3.08. The predicted octanol–water partition coefficient (Wildman–Crippen LogP) is 6.63. The van der Waals surface area contributed by atoms with E-state index in [0.717, 1.165) is 33.9 Å². The maximum atomic E-state index is 4.76. The van der Waals surface area contributed by atoms with Crippen LogP contribution in [-0.4, -0.2) is 24.3 Å². The van der Waals surface area contributed by atoms with Gasteiger partial charge in [0.1, 0.15) is 6.33 Å². The molecule has 0 unspecified atom stereocenters. The second kappa shape index (κ2) is 9.65. The van der Waals surface area contributed by atoms with Gasteiger partial charge in [0.25, 0.3) is 0 Å². The Bertz CT molecular complexity index is 1400. The number of aromatic nitrogens is 5. The van der Waals surface area contributed by atoms with Crippen molar-refractivity contribution in [2.24, 2.45) is 0 Å². The van der Waals surface area contributed by atoms with Gasteiger partial charge in [0.05, 0.1) is 11.6 Å². The predicted molar refractivity (Wildman–Crippen MR) is 133 cm³/mol. The molecule has 5 rings (SSSR count). The number of hydrogen-bond donors (Lipinski definition) is 0. The van der Waals surface area contributed by atoms with Crippen LogP contribution in [-0.2, 0) is 20.1 Å². The van der Waals surface area contributed by atoms with E-state index >= 15 is 0 Å². The molecule has 34 heavy (non-hydrogen) atoms. The van der Waals surface area contributed by atoms with Gasteiger partial charge in [-0.1, -0.05) is 64.1 Å². The van der Waals surface area contributed by atoms with E-state index in [-0.39, 0.29) is 20.1 Å². The van der Waals surface area contributed by atoms with Crippen LogP contribution in [0.5, 0.6) is 0 Å². The molecule has 5 nitrogen and oxygen atoms in total. The van der Waals surface area contributed by atoms with Crippen LogP contribution in [0.4, 0.5) is 0 Å². The number of hydrogen-bond acceptors (Lipinski definition) is 3. The summed E-state index contributed by atoms with van der Waals surface area (Å²) in [6.45, 7) is 10.9. The van der Waals surface area contributed by atoms with E-state index in [9.17, 15) is 0 Å². The number of nitrogens with zero attached hydrogens (tertiary/aromatic N) is 5. The summed E-state index contributed by atoms with van der Waals surface area (Å²) in [7, 11) is 0. The van der Waals surface area contributed by atoms with Crippen molar-refractivity contribution in [3.05, 3.63) is 90.0 Å². The summed E-state index contributed by atoms with van der Waals surface area (Å²) >= 11 is 0. The van der Waals surface area contributed by atoms with Gasteiger partial charge in [0.2, 0.25) is 0 Å². The first-order valence-corrected chi connectivity index (χ1v) is 11.5. The van der Waals surface area contributed by atoms with Crippen LogP contribution in [0.25, 0.3) is 33.8 Å². The SMILES string of the molecule is Cc1nc2c[c-]c(-c3nncn3-c3c(C(C)C)cccc3C(C)C)cc2n1-c1ccccc1.[Ir]. The van der Waals surface area contributed by atoms with Crippen molar-refractivity contribution in [1.29, 1.82) is 0 Å². The second-order valence-corrected chi connectivity index (χ2v) is 9.07. The van der Waals surface area contributed by atoms with E-state index in [1.165, 1.54) is 16.8 Å². The number of fused-ring (bicyclic) bond motifs is 1. The maximum Gasteiger partial charge on any atom is 0.114 e. The molecule has 0 atom stereocenters. The third-order valence-electron chi connectivity index (χ3n) is 6.14. The van der Waals surface area contributed by atoms with Crippen molar-refractivity contribution in [1.82, 2.24) is 24.3 Å². The molecule has 175 valence electrons. The minimum absolute atomic E-state index is 0. The van der Waals surface area contributed by atoms with Gasteiger partial charge < -0.3 is 9.13 Å². The van der Waals surface area contributed by atoms with Gasteiger partial charge in [-0.25, -0.2) is 0 Å². The van der Waals surface area contributed by atoms with Gasteiger partial charge >= 0.3 is 0 Å². The molecule has 0 N–H and O–H groups in total. The number of rotatable bonds is 5. The molecule has 2 heterocycles. The Morgan fingerprint density at radius 2 is 1.56 bits per heavy atom. The number of benzene rings is 3. The van der Waals surface area contributed by atoms with Crippen LogP contribution >= 0.6 is 0 Å². The summed E-state index contributed by atoms with van der Waals surface area (Å²) in [6.07, 6.45) is 1.82. The molecule has 1 radical (unpaired) electrons. The van der Waals surface area contributed by atoms with Crippen molar-refractivity contribution in [2.75, 3.05) is 0 Å². The Kier molecular flexibility index (Phi) is 6.83. The molecule has 3 aromatic carbocycles. The molecular formula is C28H28IrN5-. The van der Waals surface area contributed by atoms with Crippen LogP contribution in [0, 0.1) is 13.0 Å². The minimum Gasteiger partial charge on any atom is -0.322 e. The molecule has 0 aliphatic heterocycles. The number of para-hydroxylation sites is 2. The van der Waals surface area contributed by atoms with Gasteiger partial charge in [0.15, 0.2) is 0 Å². The summed E-state index contributed by atoms with van der Waals surface area (Å²) < 4.78 is 4.30. The summed E-state index contributed by atoms with van der Waals surface area (Å²) in [5, 5.41) is 8.84. The van der Waals surface area contributed by atoms with E-state index in [2.05, 4.69) is 89.5 Å². The number of aryl methyl sites for hydroxylation is 1. The van der Waals surface area contributed by atoms with Gasteiger partial charge in [-0.3, -0.25) is 4.98 Å². The normalized spacial score (nSPS) is 11.4. The second-order valence-electron chi connectivity index (χ2n) is 9.07. The van der Waals surface area contributed by atoms with Crippen LogP contribution in [0.3, 0.4) is 0 Å². The standard InChI is InChI=1S/C28H28N5.Ir/c1-18(2)23-12-9-13-24(19(3)4)27(23)32-17-29-31-28(32)21-14-15-25-26(16-21)33(20(5)30-25)22-10-7-6-8-11-22;/h6-13,15-19H,1-5H3;/q-1;. The fourth-order valence-electron chi connectivity index (χ4n) is 4.54. The first-order valence-electron chi connectivity index (χ1n) is 11.5. The third kappa shape index (κ3) is 4.13. The van der Waals surface area contributed by atoms with E-state index in [4.69, 9.17) is 4.98 Å². The molecule has 0 amide bonds. The van der Waals surface area contributed by atoms with Gasteiger partial charge in [-0.15, -0.1) is 28.9 Å². The molecule has 0 spiro atoms. The summed E-state index contributed by atoms with van der Waals surface area (Å²) in [6, 6.07) is 24.4. The first-order chi connectivity index (χ1) is 16.0. The van der Waals surface area contributed by atoms with E-state index in [1.807, 2.05) is 37.5 Å². The largest absolute Gasteiger partial charge is 0.322 e. The molecule has 0 aliphatic rings. The molecule has 0 aliphatic carbocycles. The first kappa shape index (κ1) is 24.1. The van der Waals surface area contributed by atoms with Crippen LogP contribution in [0.2, 0.25) is 0 Å². The molecule has 0 saturated heterocycles. The minimum atomic E-state index is 0. The van der Waals surface area contributed by atoms with E-state index in [0.29, 0.717) is 11.8 Å². The number of imidazole rings is 1. The zero-order valence-corrected chi connectivity index (χ0v) is 22.5. The van der Waals surface area contributed by atoms with Crippen LogP contribution in [0.1, 0.15) is 56.5 Å². The zero-order valence-electron chi connectivity index (χ0n) is 20.1. The van der Waals surface area contributed by atoms with Crippen LogP contribution < -0.4 is 0 Å². The smallest absolute Gasteiger partial charge is 0.114 e. The molecular weight excluding hydrogens is 599 g/mol. The monoisotopic (exact) mass is 627 g/mol. The Balaban J connectivity index is 0.00000274. The molecule has 5 aromatic rings. The van der Waals surface area contributed by atoms with Gasteiger partial charge in [-0.05, 0) is 47.5 Å². The Morgan fingerprint density at radius 1 is 0.882 bits per heavy atom. The molecule has 0 fully saturated rings. The third-order valence-corrected chi connectivity index (χ3v) is 6.14. The van der Waals surface area contributed by atoms with E-state index in [1.54, 1.807) is 0 Å². The fraction of sp³-hybridized carbons (Fsp3) is 0.250. The van der Waals surface area contributed by atoms with Crippen LogP contribution in [0.15, 0.2) is 67.0 Å². The van der Waals surface area contributed by atoms with Crippen molar-refractivity contribution in [2.45, 2.75) is 46.5 Å². The summed E-state index contributed by atoms with van der Waals surface area (Å²) in [4.78, 5) is 4.76. The van der Waals surface area contributed by atoms with Crippen molar-refractivity contribution < 1.29 is 20.1 Å². The average molecular weight is 627 g/mol. The van der Waals surface area contributed by atoms with Crippen molar-refractivity contribution in [3.63, 3.8) is 0 Å².